The molecule has 2 aromatic rings. The van der Waals surface area contributed by atoms with Crippen LogP contribution in [0.25, 0.3) is 6.08 Å². The molecule has 0 saturated heterocycles. The zero-order valence-corrected chi connectivity index (χ0v) is 13.9. The minimum atomic E-state index is -0.513. The zero-order chi connectivity index (χ0) is 17.6. The molecule has 1 aliphatic rings. The quantitative estimate of drug-likeness (QED) is 0.672. The van der Waals surface area contributed by atoms with Crippen molar-refractivity contribution < 1.29 is 19.1 Å². The van der Waals surface area contributed by atoms with Crippen LogP contribution in [-0.4, -0.2) is 24.6 Å². The van der Waals surface area contributed by atoms with E-state index < -0.39 is 6.10 Å². The van der Waals surface area contributed by atoms with E-state index in [1.54, 1.807) is 25.1 Å². The molecule has 0 aromatic heterocycles. The maximum atomic E-state index is 12.3. The molecule has 1 amide bonds. The van der Waals surface area contributed by atoms with Crippen molar-refractivity contribution in [2.75, 3.05) is 11.9 Å². The summed E-state index contributed by atoms with van der Waals surface area (Å²) >= 11 is 0. The van der Waals surface area contributed by atoms with Crippen molar-refractivity contribution in [3.63, 3.8) is 0 Å². The van der Waals surface area contributed by atoms with Crippen molar-refractivity contribution in [3.8, 4) is 5.75 Å². The second-order valence-corrected chi connectivity index (χ2v) is 5.61. The van der Waals surface area contributed by atoms with E-state index in [4.69, 9.17) is 9.47 Å². The van der Waals surface area contributed by atoms with E-state index in [1.807, 2.05) is 36.4 Å². The van der Waals surface area contributed by atoms with E-state index >= 15 is 0 Å². The van der Waals surface area contributed by atoms with Gasteiger partial charge in [-0.2, -0.15) is 0 Å². The van der Waals surface area contributed by atoms with Crippen LogP contribution in [0.15, 0.2) is 54.6 Å². The number of hydrogen-bond acceptors (Lipinski definition) is 4. The lowest BCUT2D eigenvalue weighted by Gasteiger charge is -2.11. The van der Waals surface area contributed by atoms with Crippen molar-refractivity contribution in [2.24, 2.45) is 0 Å². The smallest absolute Gasteiger partial charge is 0.330 e. The highest BCUT2D eigenvalue weighted by atomic mass is 16.5. The number of hydrogen-bond donors (Lipinski definition) is 1. The monoisotopic (exact) mass is 337 g/mol. The number of carbonyl (C=O) groups excluding carboxylic acids is 2. The lowest BCUT2D eigenvalue weighted by Crippen LogP contribution is -2.31. The lowest BCUT2D eigenvalue weighted by atomic mass is 10.1. The van der Waals surface area contributed by atoms with Gasteiger partial charge in [-0.25, -0.2) is 4.79 Å². The highest BCUT2D eigenvalue weighted by Gasteiger charge is 2.28. The number of amides is 1. The largest absolute Gasteiger partial charge is 0.480 e. The molecule has 1 unspecified atom stereocenters. The third kappa shape index (κ3) is 4.26. The summed E-state index contributed by atoms with van der Waals surface area (Å²) in [5, 5.41) is 2.85. The number of nitrogens with one attached hydrogen (secondary N) is 1. The average molecular weight is 337 g/mol. The van der Waals surface area contributed by atoms with Crippen LogP contribution in [0.2, 0.25) is 0 Å². The van der Waals surface area contributed by atoms with E-state index in [-0.39, 0.29) is 11.9 Å². The molecule has 5 heteroatoms. The topological polar surface area (TPSA) is 64.6 Å². The van der Waals surface area contributed by atoms with Crippen molar-refractivity contribution in [3.05, 3.63) is 65.7 Å². The van der Waals surface area contributed by atoms with Gasteiger partial charge in [0.05, 0.1) is 6.61 Å². The first kappa shape index (κ1) is 16.8. The second-order valence-electron chi connectivity index (χ2n) is 5.61. The van der Waals surface area contributed by atoms with Gasteiger partial charge in [0.2, 0.25) is 0 Å². The third-order valence-corrected chi connectivity index (χ3v) is 3.82. The van der Waals surface area contributed by atoms with Gasteiger partial charge in [-0.3, -0.25) is 4.79 Å². The molecule has 0 saturated carbocycles. The lowest BCUT2D eigenvalue weighted by molar-refractivity contribution is -0.137. The molecule has 0 bridgehead atoms. The predicted octanol–water partition coefficient (Wildman–Crippen LogP) is 3.21. The van der Waals surface area contributed by atoms with Crippen LogP contribution in [0.1, 0.15) is 18.1 Å². The van der Waals surface area contributed by atoms with Gasteiger partial charge in [0, 0.05) is 18.2 Å². The van der Waals surface area contributed by atoms with Crippen LogP contribution >= 0.6 is 0 Å². The van der Waals surface area contributed by atoms with Gasteiger partial charge in [0.1, 0.15) is 5.75 Å². The molecule has 5 nitrogen and oxygen atoms in total. The summed E-state index contributed by atoms with van der Waals surface area (Å²) in [5.74, 6) is 0.214. The number of rotatable bonds is 5. The van der Waals surface area contributed by atoms with Crippen molar-refractivity contribution in [1.29, 1.82) is 0 Å². The van der Waals surface area contributed by atoms with Crippen molar-refractivity contribution in [1.82, 2.24) is 0 Å². The van der Waals surface area contributed by atoms with Crippen molar-refractivity contribution in [2.45, 2.75) is 19.4 Å². The predicted molar refractivity (Wildman–Crippen MR) is 95.3 cm³/mol. The highest BCUT2D eigenvalue weighted by Crippen LogP contribution is 2.28. The molecule has 0 fully saturated rings. The Morgan fingerprint density at radius 3 is 2.68 bits per heavy atom. The molecule has 0 aliphatic carbocycles. The normalized spacial score (nSPS) is 15.5. The number of fused-ring (bicyclic) bond motifs is 1. The molecular weight excluding hydrogens is 318 g/mol. The molecule has 1 N–H and O–H groups in total. The minimum Gasteiger partial charge on any atom is -0.480 e. The Balaban J connectivity index is 1.57. The molecule has 128 valence electrons. The van der Waals surface area contributed by atoms with Crippen LogP contribution in [-0.2, 0) is 20.7 Å². The molecule has 2 aromatic carbocycles. The number of esters is 1. The Kier molecular flexibility index (Phi) is 5.14. The number of anilines is 1. The Bertz CT molecular complexity index is 771. The number of benzene rings is 2. The van der Waals surface area contributed by atoms with Gasteiger partial charge in [-0.05, 0) is 42.3 Å². The van der Waals surface area contributed by atoms with E-state index in [0.29, 0.717) is 18.7 Å². The molecule has 1 atom stereocenters. The van der Waals surface area contributed by atoms with E-state index in [9.17, 15) is 9.59 Å². The fraction of sp³-hybridized carbons (Fsp3) is 0.200. The SMILES string of the molecule is CCOC(=O)/C=C/c1ccc(NC(=O)C2Cc3ccccc3O2)cc1. The Morgan fingerprint density at radius 1 is 1.20 bits per heavy atom. The van der Waals surface area contributed by atoms with E-state index in [2.05, 4.69) is 5.32 Å². The van der Waals surface area contributed by atoms with Gasteiger partial charge in [0.25, 0.3) is 5.91 Å². The van der Waals surface area contributed by atoms with Gasteiger partial charge in [-0.15, -0.1) is 0 Å². The summed E-state index contributed by atoms with van der Waals surface area (Å²) in [4.78, 5) is 23.6. The van der Waals surface area contributed by atoms with Crippen LogP contribution in [0, 0.1) is 0 Å². The van der Waals surface area contributed by atoms with Gasteiger partial charge in [-0.1, -0.05) is 30.3 Å². The summed E-state index contributed by atoms with van der Waals surface area (Å²) in [6, 6.07) is 14.9. The first-order chi connectivity index (χ1) is 12.2. The molecule has 3 rings (SSSR count). The van der Waals surface area contributed by atoms with Gasteiger partial charge < -0.3 is 14.8 Å². The first-order valence-electron chi connectivity index (χ1n) is 8.16. The van der Waals surface area contributed by atoms with Crippen LogP contribution in [0.5, 0.6) is 5.75 Å². The summed E-state index contributed by atoms with van der Waals surface area (Å²) < 4.78 is 10.5. The molecule has 0 radical (unpaired) electrons. The van der Waals surface area contributed by atoms with Crippen LogP contribution in [0.4, 0.5) is 5.69 Å². The van der Waals surface area contributed by atoms with Gasteiger partial charge >= 0.3 is 5.97 Å². The minimum absolute atomic E-state index is 0.175. The third-order valence-electron chi connectivity index (χ3n) is 3.82. The molecule has 1 heterocycles. The van der Waals surface area contributed by atoms with E-state index in [0.717, 1.165) is 16.9 Å². The Morgan fingerprint density at radius 2 is 1.96 bits per heavy atom. The molecule has 25 heavy (non-hydrogen) atoms. The fourth-order valence-corrected chi connectivity index (χ4v) is 2.58. The number of para-hydroxylation sites is 1. The second kappa shape index (κ2) is 7.66. The Labute approximate surface area is 146 Å². The van der Waals surface area contributed by atoms with E-state index in [1.165, 1.54) is 6.08 Å². The fourth-order valence-electron chi connectivity index (χ4n) is 2.58. The van der Waals surface area contributed by atoms with Crippen LogP contribution in [0.3, 0.4) is 0 Å². The summed E-state index contributed by atoms with van der Waals surface area (Å²) in [6.07, 6.45) is 3.10. The van der Waals surface area contributed by atoms with Gasteiger partial charge in [0.15, 0.2) is 6.10 Å². The number of ether oxygens (including phenoxy) is 2. The highest BCUT2D eigenvalue weighted by molar-refractivity contribution is 5.95. The number of carbonyl (C=O) groups is 2. The first-order valence-corrected chi connectivity index (χ1v) is 8.16. The maximum absolute atomic E-state index is 12.3. The summed E-state index contributed by atoms with van der Waals surface area (Å²) in [7, 11) is 0. The average Bonchev–Trinajstić information content (AvgIpc) is 3.06. The molecule has 0 spiro atoms. The standard InChI is InChI=1S/C20H19NO4/c1-2-24-19(22)12-9-14-7-10-16(11-8-14)21-20(23)18-13-15-5-3-4-6-17(15)25-18/h3-12,18H,2,13H2,1H3,(H,21,23)/b12-9+. The summed E-state index contributed by atoms with van der Waals surface area (Å²) in [6.45, 7) is 2.11. The maximum Gasteiger partial charge on any atom is 0.330 e. The zero-order valence-electron chi connectivity index (χ0n) is 13.9. The Hall–Kier alpha value is -3.08. The van der Waals surface area contributed by atoms with Crippen LogP contribution < -0.4 is 10.1 Å². The summed E-state index contributed by atoms with van der Waals surface area (Å²) in [5.41, 5.74) is 2.57. The molecule has 1 aliphatic heterocycles. The molecular formula is C20H19NO4. The van der Waals surface area contributed by atoms with Crippen molar-refractivity contribution >= 4 is 23.6 Å².